The molecule has 6 nitrogen and oxygen atoms in total. The molecule has 2 N–H and O–H groups in total. The van der Waals surface area contributed by atoms with Crippen molar-refractivity contribution in [1.82, 2.24) is 24.7 Å². The molecule has 0 aliphatic carbocycles. The molecule has 1 fully saturated rings. The molecule has 0 bridgehead atoms. The van der Waals surface area contributed by atoms with Crippen LogP contribution in [-0.2, 0) is 0 Å². The van der Waals surface area contributed by atoms with E-state index >= 15 is 0 Å². The van der Waals surface area contributed by atoms with Crippen molar-refractivity contribution in [3.05, 3.63) is 30.2 Å². The minimum atomic E-state index is 0.404. The van der Waals surface area contributed by atoms with E-state index in [1.165, 1.54) is 0 Å². The first-order valence-corrected chi connectivity index (χ1v) is 7.89. The second-order valence-corrected chi connectivity index (χ2v) is 6.25. The predicted octanol–water partition coefficient (Wildman–Crippen LogP) is 1.87. The summed E-state index contributed by atoms with van der Waals surface area (Å²) in [6, 6.07) is 0.404. The molecule has 2 atom stereocenters. The molecule has 1 saturated heterocycles. The summed E-state index contributed by atoms with van der Waals surface area (Å²) in [5.74, 6) is 1.41. The number of nitrogens with one attached hydrogen (secondary N) is 2. The van der Waals surface area contributed by atoms with Gasteiger partial charge in [0.05, 0.1) is 24.3 Å². The van der Waals surface area contributed by atoms with Gasteiger partial charge in [-0.05, 0) is 12.5 Å². The van der Waals surface area contributed by atoms with Crippen LogP contribution < -0.4 is 10.6 Å². The van der Waals surface area contributed by atoms with Crippen molar-refractivity contribution in [3.8, 4) is 11.4 Å². The smallest absolute Gasteiger partial charge is 0.194 e. The summed E-state index contributed by atoms with van der Waals surface area (Å²) in [7, 11) is 0. The van der Waals surface area contributed by atoms with Crippen molar-refractivity contribution in [2.24, 2.45) is 5.92 Å². The van der Waals surface area contributed by atoms with E-state index < -0.39 is 0 Å². The number of aromatic nitrogens is 4. The van der Waals surface area contributed by atoms with E-state index in [0.717, 1.165) is 35.3 Å². The molecule has 1 aliphatic heterocycles. The molecular formula is C14H16N6S. The number of anilines is 1. The van der Waals surface area contributed by atoms with Crippen molar-refractivity contribution >= 4 is 22.1 Å². The van der Waals surface area contributed by atoms with Gasteiger partial charge in [0.1, 0.15) is 11.5 Å². The van der Waals surface area contributed by atoms with Crippen molar-refractivity contribution in [2.75, 3.05) is 18.4 Å². The largest absolute Gasteiger partial charge is 0.364 e. The standard InChI is InChI=1S/C14H16N6S/c1-9-4-15-5-10(9)18-13-8-16-6-11(19-13)12-7-17-14-20(12)2-3-21-14/h2-3,6-10,15H,4-5H2,1H3,(H,18,19). The first kappa shape index (κ1) is 12.7. The lowest BCUT2D eigenvalue weighted by molar-refractivity contribution is 0.593. The van der Waals surface area contributed by atoms with Crippen LogP contribution >= 0.6 is 11.3 Å². The lowest BCUT2D eigenvalue weighted by atomic mass is 10.1. The molecule has 3 aromatic rings. The van der Waals surface area contributed by atoms with Crippen molar-refractivity contribution in [1.29, 1.82) is 0 Å². The van der Waals surface area contributed by atoms with Gasteiger partial charge in [-0.2, -0.15) is 0 Å². The van der Waals surface area contributed by atoms with Gasteiger partial charge in [-0.15, -0.1) is 11.3 Å². The first-order chi connectivity index (χ1) is 10.3. The van der Waals surface area contributed by atoms with Gasteiger partial charge in [0.25, 0.3) is 0 Å². The summed E-state index contributed by atoms with van der Waals surface area (Å²) >= 11 is 1.61. The molecule has 2 unspecified atom stereocenters. The van der Waals surface area contributed by atoms with Crippen LogP contribution in [0.3, 0.4) is 0 Å². The third kappa shape index (κ3) is 2.28. The Morgan fingerprint density at radius 1 is 1.33 bits per heavy atom. The van der Waals surface area contributed by atoms with Crippen molar-refractivity contribution < 1.29 is 0 Å². The quantitative estimate of drug-likeness (QED) is 0.773. The highest BCUT2D eigenvalue weighted by Crippen LogP contribution is 2.22. The van der Waals surface area contributed by atoms with Crippen LogP contribution in [0.1, 0.15) is 6.92 Å². The number of rotatable bonds is 3. The zero-order valence-corrected chi connectivity index (χ0v) is 12.5. The van der Waals surface area contributed by atoms with Crippen LogP contribution in [0, 0.1) is 5.92 Å². The number of imidazole rings is 1. The van der Waals surface area contributed by atoms with Gasteiger partial charge in [-0.1, -0.05) is 6.92 Å². The Morgan fingerprint density at radius 2 is 2.29 bits per heavy atom. The molecular weight excluding hydrogens is 284 g/mol. The van der Waals surface area contributed by atoms with Gasteiger partial charge in [0, 0.05) is 24.2 Å². The summed E-state index contributed by atoms with van der Waals surface area (Å²) in [5, 5.41) is 8.87. The maximum atomic E-state index is 4.69. The zero-order valence-electron chi connectivity index (χ0n) is 11.7. The topological polar surface area (TPSA) is 67.1 Å². The van der Waals surface area contributed by atoms with E-state index in [1.807, 2.05) is 22.2 Å². The molecule has 7 heteroatoms. The predicted molar refractivity (Wildman–Crippen MR) is 83.5 cm³/mol. The fourth-order valence-corrected chi connectivity index (χ4v) is 3.36. The zero-order chi connectivity index (χ0) is 14.2. The Labute approximate surface area is 126 Å². The van der Waals surface area contributed by atoms with E-state index in [-0.39, 0.29) is 0 Å². The van der Waals surface area contributed by atoms with E-state index in [1.54, 1.807) is 23.7 Å². The van der Waals surface area contributed by atoms with E-state index in [2.05, 4.69) is 32.5 Å². The van der Waals surface area contributed by atoms with Gasteiger partial charge in [-0.3, -0.25) is 9.38 Å². The SMILES string of the molecule is CC1CNCC1Nc1cncc(-c2cnc3sccn23)n1. The number of thiazole rings is 1. The number of hydrogen-bond acceptors (Lipinski definition) is 6. The highest BCUT2D eigenvalue weighted by molar-refractivity contribution is 7.15. The van der Waals surface area contributed by atoms with Crippen LogP contribution in [-0.4, -0.2) is 38.5 Å². The normalized spacial score (nSPS) is 22.0. The number of hydrogen-bond donors (Lipinski definition) is 2. The summed E-state index contributed by atoms with van der Waals surface area (Å²) in [5.41, 5.74) is 1.81. The molecule has 0 radical (unpaired) electrons. The van der Waals surface area contributed by atoms with Crippen LogP contribution in [0.5, 0.6) is 0 Å². The maximum Gasteiger partial charge on any atom is 0.194 e. The summed E-state index contributed by atoms with van der Waals surface area (Å²) in [6.45, 7) is 4.25. The summed E-state index contributed by atoms with van der Waals surface area (Å²) < 4.78 is 2.04. The first-order valence-electron chi connectivity index (χ1n) is 7.01. The Kier molecular flexibility index (Phi) is 3.08. The second-order valence-electron chi connectivity index (χ2n) is 5.37. The highest BCUT2D eigenvalue weighted by atomic mass is 32.1. The Bertz CT molecular complexity index is 764. The van der Waals surface area contributed by atoms with Crippen LogP contribution in [0.4, 0.5) is 5.82 Å². The fraction of sp³-hybridized carbons (Fsp3) is 0.357. The van der Waals surface area contributed by atoms with Gasteiger partial charge < -0.3 is 10.6 Å². The second kappa shape index (κ2) is 5.09. The molecule has 3 aromatic heterocycles. The molecule has 0 aromatic carbocycles. The summed E-state index contributed by atoms with van der Waals surface area (Å²) in [6.07, 6.45) is 7.41. The number of nitrogens with zero attached hydrogens (tertiary/aromatic N) is 4. The lowest BCUT2D eigenvalue weighted by Gasteiger charge is -2.16. The third-order valence-electron chi connectivity index (χ3n) is 3.89. The Hall–Kier alpha value is -1.99. The molecule has 1 aliphatic rings. The molecule has 108 valence electrons. The van der Waals surface area contributed by atoms with Crippen LogP contribution in [0.25, 0.3) is 16.3 Å². The van der Waals surface area contributed by atoms with Gasteiger partial charge >= 0.3 is 0 Å². The van der Waals surface area contributed by atoms with Gasteiger partial charge in [0.15, 0.2) is 4.96 Å². The summed E-state index contributed by atoms with van der Waals surface area (Å²) in [4.78, 5) is 14.4. The van der Waals surface area contributed by atoms with Gasteiger partial charge in [0.2, 0.25) is 0 Å². The van der Waals surface area contributed by atoms with Crippen molar-refractivity contribution in [2.45, 2.75) is 13.0 Å². The highest BCUT2D eigenvalue weighted by Gasteiger charge is 2.23. The van der Waals surface area contributed by atoms with E-state index in [9.17, 15) is 0 Å². The molecule has 21 heavy (non-hydrogen) atoms. The average Bonchev–Trinajstić information content (AvgIpc) is 3.17. The minimum absolute atomic E-state index is 0.404. The molecule has 0 amide bonds. The Balaban J connectivity index is 1.65. The molecule has 0 spiro atoms. The van der Waals surface area contributed by atoms with E-state index in [4.69, 9.17) is 0 Å². The average molecular weight is 300 g/mol. The molecule has 4 rings (SSSR count). The Morgan fingerprint density at radius 3 is 3.14 bits per heavy atom. The number of fused-ring (bicyclic) bond motifs is 1. The van der Waals surface area contributed by atoms with E-state index in [0.29, 0.717) is 12.0 Å². The monoisotopic (exact) mass is 300 g/mol. The fourth-order valence-electron chi connectivity index (χ4n) is 2.67. The van der Waals surface area contributed by atoms with Gasteiger partial charge in [-0.25, -0.2) is 9.97 Å². The maximum absolute atomic E-state index is 4.69. The third-order valence-corrected chi connectivity index (χ3v) is 4.66. The lowest BCUT2D eigenvalue weighted by Crippen LogP contribution is -2.27. The van der Waals surface area contributed by atoms with Crippen LogP contribution in [0.15, 0.2) is 30.2 Å². The van der Waals surface area contributed by atoms with Crippen molar-refractivity contribution in [3.63, 3.8) is 0 Å². The molecule has 0 saturated carbocycles. The van der Waals surface area contributed by atoms with Crippen LogP contribution in [0.2, 0.25) is 0 Å². The molecule has 4 heterocycles. The minimum Gasteiger partial charge on any atom is -0.364 e.